The van der Waals surface area contributed by atoms with Crippen molar-refractivity contribution in [3.63, 3.8) is 0 Å². The highest BCUT2D eigenvalue weighted by Gasteiger charge is 2.46. The fourth-order valence-electron chi connectivity index (χ4n) is 3.28. The Bertz CT molecular complexity index is 895. The molecule has 1 N–H and O–H groups in total. The van der Waals surface area contributed by atoms with Crippen LogP contribution in [0.15, 0.2) is 54.2 Å². The predicted molar refractivity (Wildman–Crippen MR) is 103 cm³/mol. The fraction of sp³-hybridized carbons (Fsp3) is 0.286. The maximum atomic E-state index is 13.2. The molecule has 28 heavy (non-hydrogen) atoms. The van der Waals surface area contributed by atoms with Crippen LogP contribution in [0.4, 0.5) is 4.39 Å². The third-order valence-electron chi connectivity index (χ3n) is 4.63. The van der Waals surface area contributed by atoms with E-state index in [0.29, 0.717) is 18.7 Å². The number of aromatic nitrogens is 1. The lowest BCUT2D eigenvalue weighted by molar-refractivity contribution is -0.140. The molecule has 0 spiro atoms. The molecule has 6 nitrogen and oxygen atoms in total. The van der Waals surface area contributed by atoms with Gasteiger partial charge in [0.1, 0.15) is 17.6 Å². The highest BCUT2D eigenvalue weighted by Crippen LogP contribution is 2.38. The van der Waals surface area contributed by atoms with E-state index in [1.807, 2.05) is 19.0 Å². The van der Waals surface area contributed by atoms with Crippen molar-refractivity contribution in [2.45, 2.75) is 12.5 Å². The standard InChI is InChI=1S/C21H22FN3O3/c1-24(2)12-5-13-25-18(16-6-3-4-11-23-16)17(20(27)21(25)28)19(26)14-7-9-15(22)10-8-14/h3-4,6-11,18,26H,5,12-13H2,1-2H3/b19-17+/t18-/m1/s1. The number of aliphatic hydroxyl groups is 1. The highest BCUT2D eigenvalue weighted by molar-refractivity contribution is 6.46. The molecule has 7 heteroatoms. The van der Waals surface area contributed by atoms with Gasteiger partial charge >= 0.3 is 0 Å². The van der Waals surface area contributed by atoms with Gasteiger partial charge in [0.25, 0.3) is 11.7 Å². The van der Waals surface area contributed by atoms with Crippen LogP contribution in [0.1, 0.15) is 23.7 Å². The average molecular weight is 383 g/mol. The molecule has 146 valence electrons. The first-order valence-electron chi connectivity index (χ1n) is 9.00. The van der Waals surface area contributed by atoms with Crippen molar-refractivity contribution >= 4 is 17.4 Å². The Balaban J connectivity index is 2.06. The van der Waals surface area contributed by atoms with E-state index in [2.05, 4.69) is 4.98 Å². The topological polar surface area (TPSA) is 73.7 Å². The number of halogens is 1. The Hall–Kier alpha value is -3.06. The second-order valence-electron chi connectivity index (χ2n) is 6.91. The Morgan fingerprint density at radius 1 is 1.18 bits per heavy atom. The fourth-order valence-corrected chi connectivity index (χ4v) is 3.28. The molecule has 1 aromatic carbocycles. The number of hydrogen-bond donors (Lipinski definition) is 1. The summed E-state index contributed by atoms with van der Waals surface area (Å²) in [6.07, 6.45) is 2.24. The molecule has 1 saturated heterocycles. The van der Waals surface area contributed by atoms with Crippen LogP contribution in [0.2, 0.25) is 0 Å². The molecule has 1 aromatic heterocycles. The zero-order valence-electron chi connectivity index (χ0n) is 15.8. The molecule has 2 heterocycles. The summed E-state index contributed by atoms with van der Waals surface area (Å²) >= 11 is 0. The number of nitrogens with zero attached hydrogens (tertiary/aromatic N) is 3. The molecule has 1 amide bonds. The second-order valence-corrected chi connectivity index (χ2v) is 6.91. The third kappa shape index (κ3) is 3.94. The lowest BCUT2D eigenvalue weighted by Gasteiger charge is -2.25. The molecule has 1 fully saturated rings. The van der Waals surface area contributed by atoms with E-state index in [1.165, 1.54) is 29.2 Å². The SMILES string of the molecule is CN(C)CCCN1C(=O)C(=O)/C(=C(/O)c2ccc(F)cc2)[C@H]1c1ccccn1. The molecular weight excluding hydrogens is 361 g/mol. The van der Waals surface area contributed by atoms with Crippen LogP contribution in [-0.4, -0.2) is 58.8 Å². The molecule has 0 unspecified atom stereocenters. The molecule has 3 rings (SSSR count). The summed E-state index contributed by atoms with van der Waals surface area (Å²) in [5.41, 5.74) is 0.740. The van der Waals surface area contributed by atoms with Crippen molar-refractivity contribution in [1.82, 2.24) is 14.8 Å². The number of pyridine rings is 1. The third-order valence-corrected chi connectivity index (χ3v) is 4.63. The van der Waals surface area contributed by atoms with Gasteiger partial charge in [-0.15, -0.1) is 0 Å². The van der Waals surface area contributed by atoms with Gasteiger partial charge in [0.05, 0.1) is 11.3 Å². The molecule has 0 aliphatic carbocycles. The number of aliphatic hydroxyl groups excluding tert-OH is 1. The number of Topliss-reactive ketones (excluding diaryl/α,β-unsaturated/α-hetero) is 1. The number of likely N-dealkylation sites (tertiary alicyclic amines) is 1. The van der Waals surface area contributed by atoms with E-state index >= 15 is 0 Å². The second kappa shape index (κ2) is 8.31. The molecule has 2 aromatic rings. The van der Waals surface area contributed by atoms with E-state index in [9.17, 15) is 19.1 Å². The molecular formula is C21H22FN3O3. The Kier molecular flexibility index (Phi) is 5.84. The van der Waals surface area contributed by atoms with Crippen molar-refractivity contribution in [3.8, 4) is 0 Å². The summed E-state index contributed by atoms with van der Waals surface area (Å²) in [5.74, 6) is -2.22. The molecule has 1 aliphatic heterocycles. The zero-order chi connectivity index (χ0) is 20.3. The molecule has 0 bridgehead atoms. The van der Waals surface area contributed by atoms with Crippen LogP contribution in [0, 0.1) is 5.82 Å². The molecule has 1 aliphatic rings. The van der Waals surface area contributed by atoms with E-state index < -0.39 is 23.5 Å². The van der Waals surface area contributed by atoms with Gasteiger partial charge in [-0.2, -0.15) is 0 Å². The number of rotatable bonds is 6. The number of hydrogen-bond acceptors (Lipinski definition) is 5. The average Bonchev–Trinajstić information content (AvgIpc) is 2.93. The van der Waals surface area contributed by atoms with E-state index in [-0.39, 0.29) is 16.9 Å². The first-order valence-corrected chi connectivity index (χ1v) is 9.00. The lowest BCUT2D eigenvalue weighted by atomic mass is 9.98. The molecule has 0 saturated carbocycles. The number of carbonyl (C=O) groups is 2. The van der Waals surface area contributed by atoms with Crippen molar-refractivity contribution in [1.29, 1.82) is 0 Å². The summed E-state index contributed by atoms with van der Waals surface area (Å²) in [7, 11) is 3.86. The van der Waals surface area contributed by atoms with Crippen molar-refractivity contribution in [2.75, 3.05) is 27.2 Å². The number of benzene rings is 1. The zero-order valence-corrected chi connectivity index (χ0v) is 15.8. The first kappa shape index (κ1) is 19.7. The maximum absolute atomic E-state index is 13.2. The van der Waals surface area contributed by atoms with Gasteiger partial charge in [0.2, 0.25) is 0 Å². The Morgan fingerprint density at radius 3 is 2.50 bits per heavy atom. The van der Waals surface area contributed by atoms with Crippen LogP contribution < -0.4 is 0 Å². The normalized spacial score (nSPS) is 18.9. The summed E-state index contributed by atoms with van der Waals surface area (Å²) in [5, 5.41) is 10.8. The van der Waals surface area contributed by atoms with Crippen LogP contribution in [0.3, 0.4) is 0 Å². The largest absolute Gasteiger partial charge is 0.507 e. The summed E-state index contributed by atoms with van der Waals surface area (Å²) in [6.45, 7) is 1.10. The quantitative estimate of drug-likeness (QED) is 0.472. The Morgan fingerprint density at radius 2 is 1.89 bits per heavy atom. The highest BCUT2D eigenvalue weighted by atomic mass is 19.1. The van der Waals surface area contributed by atoms with Crippen molar-refractivity contribution in [3.05, 3.63) is 71.3 Å². The van der Waals surface area contributed by atoms with Gasteiger partial charge in [0.15, 0.2) is 0 Å². The van der Waals surface area contributed by atoms with Crippen LogP contribution in [-0.2, 0) is 9.59 Å². The van der Waals surface area contributed by atoms with E-state index in [1.54, 1.807) is 24.4 Å². The van der Waals surface area contributed by atoms with Crippen LogP contribution in [0.5, 0.6) is 0 Å². The van der Waals surface area contributed by atoms with Gasteiger partial charge in [-0.3, -0.25) is 14.6 Å². The number of amides is 1. The Labute approximate surface area is 162 Å². The number of ketones is 1. The van der Waals surface area contributed by atoms with Crippen LogP contribution in [0.25, 0.3) is 5.76 Å². The van der Waals surface area contributed by atoms with Gasteiger partial charge < -0.3 is 14.9 Å². The minimum Gasteiger partial charge on any atom is -0.507 e. The smallest absolute Gasteiger partial charge is 0.295 e. The van der Waals surface area contributed by atoms with Crippen molar-refractivity contribution in [2.24, 2.45) is 0 Å². The van der Waals surface area contributed by atoms with E-state index in [4.69, 9.17) is 0 Å². The summed E-state index contributed by atoms with van der Waals surface area (Å²) in [4.78, 5) is 33.2. The minimum atomic E-state index is -0.784. The van der Waals surface area contributed by atoms with Gasteiger partial charge in [-0.25, -0.2) is 4.39 Å². The van der Waals surface area contributed by atoms with Gasteiger partial charge in [0, 0.05) is 18.3 Å². The minimum absolute atomic E-state index is 0.0276. The van der Waals surface area contributed by atoms with Gasteiger partial charge in [-0.1, -0.05) is 6.07 Å². The summed E-state index contributed by atoms with van der Waals surface area (Å²) < 4.78 is 13.2. The number of carbonyl (C=O) groups excluding carboxylic acids is 2. The van der Waals surface area contributed by atoms with Gasteiger partial charge in [-0.05, 0) is 63.5 Å². The molecule has 1 atom stereocenters. The predicted octanol–water partition coefficient (Wildman–Crippen LogP) is 2.59. The first-order chi connectivity index (χ1) is 13.4. The summed E-state index contributed by atoms with van der Waals surface area (Å²) in [6, 6.07) is 9.57. The van der Waals surface area contributed by atoms with Crippen LogP contribution >= 0.6 is 0 Å². The maximum Gasteiger partial charge on any atom is 0.295 e. The van der Waals surface area contributed by atoms with Crippen molar-refractivity contribution < 1.29 is 19.1 Å². The van der Waals surface area contributed by atoms with E-state index in [0.717, 1.165) is 6.54 Å². The monoisotopic (exact) mass is 383 g/mol. The molecule has 0 radical (unpaired) electrons. The lowest BCUT2D eigenvalue weighted by Crippen LogP contribution is -2.32.